The first-order chi connectivity index (χ1) is 13.2. The molecule has 2 fully saturated rings. The molecule has 6 heteroatoms. The molecule has 0 aromatic carbocycles. The first-order valence-electron chi connectivity index (χ1n) is 9.93. The van der Waals surface area contributed by atoms with Gasteiger partial charge in [-0.05, 0) is 50.2 Å². The number of fused-ring (bicyclic) bond motifs is 1. The first-order valence-corrected chi connectivity index (χ1v) is 9.93. The van der Waals surface area contributed by atoms with Gasteiger partial charge in [-0.1, -0.05) is 6.07 Å². The highest BCUT2D eigenvalue weighted by atomic mass is 16.2. The molecule has 1 saturated heterocycles. The van der Waals surface area contributed by atoms with Crippen LogP contribution in [0.5, 0.6) is 0 Å². The molecule has 0 bridgehead atoms. The molecule has 1 aliphatic carbocycles. The van der Waals surface area contributed by atoms with Crippen LogP contribution in [0, 0.1) is 12.8 Å². The van der Waals surface area contributed by atoms with E-state index in [1.165, 1.54) is 12.8 Å². The molecule has 1 aliphatic heterocycles. The number of carbonyl (C=O) groups is 1. The van der Waals surface area contributed by atoms with Crippen molar-refractivity contribution < 1.29 is 4.79 Å². The topological polar surface area (TPSA) is 55.4 Å². The second-order valence-corrected chi connectivity index (χ2v) is 8.07. The Kier molecular flexibility index (Phi) is 3.99. The van der Waals surface area contributed by atoms with Gasteiger partial charge in [0.1, 0.15) is 17.2 Å². The minimum atomic E-state index is 0.0290. The minimum Gasteiger partial charge on any atom is -0.337 e. The monoisotopic (exact) mass is 363 g/mol. The Morgan fingerprint density at radius 1 is 1.22 bits per heavy atom. The van der Waals surface area contributed by atoms with Crippen molar-refractivity contribution in [3.63, 3.8) is 0 Å². The van der Waals surface area contributed by atoms with E-state index in [9.17, 15) is 4.79 Å². The third-order valence-electron chi connectivity index (χ3n) is 5.79. The Morgan fingerprint density at radius 2 is 2.11 bits per heavy atom. The van der Waals surface area contributed by atoms with Crippen molar-refractivity contribution in [1.82, 2.24) is 23.8 Å². The maximum atomic E-state index is 13.1. The number of imidazole rings is 2. The van der Waals surface area contributed by atoms with Crippen LogP contribution in [-0.2, 0) is 6.54 Å². The van der Waals surface area contributed by atoms with E-state index >= 15 is 0 Å². The summed E-state index contributed by atoms with van der Waals surface area (Å²) in [4.78, 5) is 24.2. The highest BCUT2D eigenvalue weighted by Crippen LogP contribution is 2.33. The predicted molar refractivity (Wildman–Crippen MR) is 103 cm³/mol. The Bertz CT molecular complexity index is 984. The van der Waals surface area contributed by atoms with Gasteiger partial charge in [0.25, 0.3) is 5.91 Å². The van der Waals surface area contributed by atoms with E-state index in [0.717, 1.165) is 55.4 Å². The van der Waals surface area contributed by atoms with Crippen molar-refractivity contribution in [3.05, 3.63) is 54.0 Å². The third kappa shape index (κ3) is 3.24. The van der Waals surface area contributed by atoms with Crippen LogP contribution in [0.1, 0.15) is 53.5 Å². The summed E-state index contributed by atoms with van der Waals surface area (Å²) >= 11 is 0. The van der Waals surface area contributed by atoms with Gasteiger partial charge in [-0.2, -0.15) is 0 Å². The fourth-order valence-corrected chi connectivity index (χ4v) is 4.15. The normalized spacial score (nSPS) is 20.3. The lowest BCUT2D eigenvalue weighted by Crippen LogP contribution is -2.40. The fourth-order valence-electron chi connectivity index (χ4n) is 4.15. The number of piperidine rings is 1. The molecular formula is C21H25N5O. The second-order valence-electron chi connectivity index (χ2n) is 8.07. The van der Waals surface area contributed by atoms with E-state index in [2.05, 4.69) is 20.7 Å². The Balaban J connectivity index is 1.35. The maximum Gasteiger partial charge on any atom is 0.274 e. The van der Waals surface area contributed by atoms with Crippen molar-refractivity contribution in [1.29, 1.82) is 0 Å². The number of amides is 1. The molecule has 0 radical (unpaired) electrons. The van der Waals surface area contributed by atoms with E-state index < -0.39 is 0 Å². The molecule has 3 aromatic rings. The van der Waals surface area contributed by atoms with Crippen LogP contribution in [0.25, 0.3) is 5.65 Å². The Morgan fingerprint density at radius 3 is 2.96 bits per heavy atom. The largest absolute Gasteiger partial charge is 0.337 e. The second kappa shape index (κ2) is 6.51. The molecule has 1 atom stereocenters. The zero-order valence-corrected chi connectivity index (χ0v) is 15.7. The highest BCUT2D eigenvalue weighted by molar-refractivity contribution is 5.93. The van der Waals surface area contributed by atoms with E-state index in [4.69, 9.17) is 0 Å². The smallest absolute Gasteiger partial charge is 0.274 e. The number of aryl methyl sites for hydroxylation is 1. The van der Waals surface area contributed by atoms with Gasteiger partial charge in [0.15, 0.2) is 0 Å². The van der Waals surface area contributed by atoms with Crippen LogP contribution < -0.4 is 0 Å². The summed E-state index contributed by atoms with van der Waals surface area (Å²) in [5, 5.41) is 0. The molecule has 0 spiro atoms. The highest BCUT2D eigenvalue weighted by Gasteiger charge is 2.30. The zero-order valence-electron chi connectivity index (χ0n) is 15.7. The molecule has 4 heterocycles. The van der Waals surface area contributed by atoms with Gasteiger partial charge in [0.2, 0.25) is 0 Å². The first kappa shape index (κ1) is 16.5. The Hall–Kier alpha value is -2.63. The van der Waals surface area contributed by atoms with Gasteiger partial charge in [0, 0.05) is 50.3 Å². The number of hydrogen-bond donors (Lipinski definition) is 0. The molecule has 3 aromatic heterocycles. The fraction of sp³-hybridized carbons (Fsp3) is 0.476. The van der Waals surface area contributed by atoms with E-state index in [1.54, 1.807) is 0 Å². The summed E-state index contributed by atoms with van der Waals surface area (Å²) in [5.41, 5.74) is 2.50. The predicted octanol–water partition coefficient (Wildman–Crippen LogP) is 3.27. The van der Waals surface area contributed by atoms with Crippen molar-refractivity contribution in [3.8, 4) is 0 Å². The molecule has 140 valence electrons. The number of carbonyl (C=O) groups excluding carboxylic acids is 1. The molecule has 2 aliphatic rings. The van der Waals surface area contributed by atoms with Crippen LogP contribution in [0.2, 0.25) is 0 Å². The molecule has 0 unspecified atom stereocenters. The van der Waals surface area contributed by atoms with Gasteiger partial charge >= 0.3 is 0 Å². The van der Waals surface area contributed by atoms with Crippen LogP contribution in [0.4, 0.5) is 0 Å². The minimum absolute atomic E-state index is 0.0290. The van der Waals surface area contributed by atoms with E-state index in [0.29, 0.717) is 11.6 Å². The van der Waals surface area contributed by atoms with Gasteiger partial charge in [-0.3, -0.25) is 4.79 Å². The van der Waals surface area contributed by atoms with Crippen LogP contribution in [0.3, 0.4) is 0 Å². The zero-order chi connectivity index (χ0) is 18.4. The summed E-state index contributed by atoms with van der Waals surface area (Å²) < 4.78 is 4.25. The third-order valence-corrected chi connectivity index (χ3v) is 5.79. The van der Waals surface area contributed by atoms with E-state index in [1.807, 2.05) is 46.9 Å². The van der Waals surface area contributed by atoms with Gasteiger partial charge < -0.3 is 13.9 Å². The molecular weight excluding hydrogens is 338 g/mol. The van der Waals surface area contributed by atoms with Crippen molar-refractivity contribution >= 4 is 11.6 Å². The standard InChI is InChI=1S/C21H25N5O/c1-15-4-7-19-23-18(14-26(19)11-15)21(27)25-9-2-3-17(13-25)20-22-8-10-24(20)12-16-5-6-16/h4,7-8,10-11,14,16-17H,2-3,5-6,9,12-13H2,1H3/t17-/m1/s1. The van der Waals surface area contributed by atoms with E-state index in [-0.39, 0.29) is 5.91 Å². The van der Waals surface area contributed by atoms with Gasteiger partial charge in [-0.25, -0.2) is 9.97 Å². The molecule has 1 saturated carbocycles. The number of hydrogen-bond acceptors (Lipinski definition) is 3. The van der Waals surface area contributed by atoms with Crippen LogP contribution >= 0.6 is 0 Å². The van der Waals surface area contributed by atoms with Crippen LogP contribution in [0.15, 0.2) is 36.9 Å². The lowest BCUT2D eigenvalue weighted by Gasteiger charge is -2.32. The number of pyridine rings is 1. The summed E-state index contributed by atoms with van der Waals surface area (Å²) in [6.45, 7) is 4.64. The quantitative estimate of drug-likeness (QED) is 0.715. The maximum absolute atomic E-state index is 13.1. The van der Waals surface area contributed by atoms with Crippen molar-refractivity contribution in [2.24, 2.45) is 5.92 Å². The molecule has 27 heavy (non-hydrogen) atoms. The number of rotatable bonds is 4. The molecule has 6 nitrogen and oxygen atoms in total. The summed E-state index contributed by atoms with van der Waals surface area (Å²) in [7, 11) is 0. The summed E-state index contributed by atoms with van der Waals surface area (Å²) in [5.74, 6) is 2.31. The summed E-state index contributed by atoms with van der Waals surface area (Å²) in [6.07, 6.45) is 12.6. The molecule has 0 N–H and O–H groups in total. The van der Waals surface area contributed by atoms with Crippen LogP contribution in [-0.4, -0.2) is 42.8 Å². The lowest BCUT2D eigenvalue weighted by molar-refractivity contribution is 0.0698. The average molecular weight is 363 g/mol. The average Bonchev–Trinajstić information content (AvgIpc) is 3.20. The SMILES string of the molecule is Cc1ccc2nc(C(=O)N3CCC[C@@H](c4nccn4CC4CC4)C3)cn2c1. The number of aromatic nitrogens is 4. The van der Waals surface area contributed by atoms with Gasteiger partial charge in [-0.15, -0.1) is 0 Å². The lowest BCUT2D eigenvalue weighted by atomic mass is 9.96. The number of nitrogens with zero attached hydrogens (tertiary/aromatic N) is 5. The molecule has 1 amide bonds. The summed E-state index contributed by atoms with van der Waals surface area (Å²) in [6, 6.07) is 3.98. The number of likely N-dealkylation sites (tertiary alicyclic amines) is 1. The molecule has 5 rings (SSSR count). The Labute approximate surface area is 158 Å². The van der Waals surface area contributed by atoms with Crippen molar-refractivity contribution in [2.75, 3.05) is 13.1 Å². The van der Waals surface area contributed by atoms with Gasteiger partial charge in [0.05, 0.1) is 0 Å². The van der Waals surface area contributed by atoms with Crippen molar-refractivity contribution in [2.45, 2.75) is 45.1 Å².